The predicted octanol–water partition coefficient (Wildman–Crippen LogP) is 1.27. The zero-order chi connectivity index (χ0) is 38.5. The van der Waals surface area contributed by atoms with Gasteiger partial charge in [0.05, 0.1) is 5.75 Å². The topological polar surface area (TPSA) is 234 Å². The fourth-order valence-electron chi connectivity index (χ4n) is 4.60. The molecule has 0 aliphatic carbocycles. The molecule has 0 saturated heterocycles. The van der Waals surface area contributed by atoms with E-state index in [4.69, 9.17) is 4.74 Å². The van der Waals surface area contributed by atoms with Crippen LogP contribution in [-0.4, -0.2) is 94.5 Å². The number of hydrogen-bond donors (Lipinski definition) is 6. The molecular formula is C33H47N5O11S2. The summed E-state index contributed by atoms with van der Waals surface area (Å²) in [6.45, 7) is 8.12. The van der Waals surface area contributed by atoms with Crippen LogP contribution in [0.2, 0.25) is 0 Å². The number of thiol groups is 1. The van der Waals surface area contributed by atoms with Gasteiger partial charge in [-0.1, -0.05) is 32.4 Å². The Morgan fingerprint density at radius 1 is 0.882 bits per heavy atom. The zero-order valence-corrected chi connectivity index (χ0v) is 31.0. The van der Waals surface area contributed by atoms with Crippen molar-refractivity contribution in [2.45, 2.75) is 96.2 Å². The summed E-state index contributed by atoms with van der Waals surface area (Å²) in [6.07, 6.45) is 3.08. The lowest BCUT2D eigenvalue weighted by Gasteiger charge is -2.26. The second-order valence-electron chi connectivity index (χ2n) is 12.9. The molecule has 16 nitrogen and oxygen atoms in total. The third kappa shape index (κ3) is 15.2. The lowest BCUT2D eigenvalue weighted by Crippen LogP contribution is -2.57. The van der Waals surface area contributed by atoms with Gasteiger partial charge in [0.1, 0.15) is 29.5 Å². The molecule has 0 spiro atoms. The molecule has 2 rings (SSSR count). The number of amides is 6. The first-order valence-corrected chi connectivity index (χ1v) is 18.4. The Morgan fingerprint density at radius 2 is 1.49 bits per heavy atom. The number of hydrogen-bond acceptors (Lipinski definition) is 11. The minimum atomic E-state index is -4.50. The van der Waals surface area contributed by atoms with Gasteiger partial charge in [-0.3, -0.25) is 43.0 Å². The Morgan fingerprint density at radius 3 is 2.04 bits per heavy atom. The summed E-state index contributed by atoms with van der Waals surface area (Å²) in [7, 11) is -4.50. The van der Waals surface area contributed by atoms with Gasteiger partial charge in [0.2, 0.25) is 23.6 Å². The van der Waals surface area contributed by atoms with E-state index in [0.717, 1.165) is 4.90 Å². The lowest BCUT2D eigenvalue weighted by atomic mass is 10.0. The van der Waals surface area contributed by atoms with Gasteiger partial charge in [0.25, 0.3) is 21.9 Å². The molecule has 51 heavy (non-hydrogen) atoms. The SMILES string of the molecule is CC(C)[C@@H](NC(=O)[C@@H](CCS(=O)(=O)O)NC(=O)CCCCCN1C(=O)C=CC1=O)C(=O)N[C@H](C)C(=O)Nc1ccc(COC(=O)C(C)(C)S)cc1. The van der Waals surface area contributed by atoms with E-state index >= 15 is 0 Å². The number of imide groups is 1. The first-order chi connectivity index (χ1) is 23.7. The summed E-state index contributed by atoms with van der Waals surface area (Å²) in [5.74, 6) is -5.39. The van der Waals surface area contributed by atoms with Gasteiger partial charge in [0, 0.05) is 30.8 Å². The number of carbonyl (C=O) groups excluding carboxylic acids is 7. The monoisotopic (exact) mass is 753 g/mol. The number of anilines is 1. The van der Waals surface area contributed by atoms with E-state index in [-0.39, 0.29) is 19.6 Å². The van der Waals surface area contributed by atoms with Crippen LogP contribution in [0.15, 0.2) is 36.4 Å². The number of ether oxygens (including phenoxy) is 1. The van der Waals surface area contributed by atoms with Crippen molar-refractivity contribution >= 4 is 69.8 Å². The molecular weight excluding hydrogens is 707 g/mol. The summed E-state index contributed by atoms with van der Waals surface area (Å²) in [6, 6.07) is 2.83. The second-order valence-corrected chi connectivity index (χ2v) is 15.6. The molecule has 1 aromatic carbocycles. The van der Waals surface area contributed by atoms with Crippen molar-refractivity contribution in [1.29, 1.82) is 0 Å². The van der Waals surface area contributed by atoms with Gasteiger partial charge in [-0.05, 0) is 63.6 Å². The number of esters is 1. The molecule has 0 aromatic heterocycles. The highest BCUT2D eigenvalue weighted by Gasteiger charge is 2.31. The van der Waals surface area contributed by atoms with E-state index in [9.17, 15) is 46.5 Å². The van der Waals surface area contributed by atoms with Crippen LogP contribution in [0.1, 0.15) is 72.3 Å². The first-order valence-electron chi connectivity index (χ1n) is 16.4. The summed E-state index contributed by atoms with van der Waals surface area (Å²) >= 11 is 4.17. The number of carbonyl (C=O) groups is 7. The molecule has 18 heteroatoms. The highest BCUT2D eigenvalue weighted by atomic mass is 32.2. The van der Waals surface area contributed by atoms with Crippen molar-refractivity contribution in [1.82, 2.24) is 20.9 Å². The Balaban J connectivity index is 1.94. The maximum atomic E-state index is 13.3. The molecule has 282 valence electrons. The fraction of sp³-hybridized carbons (Fsp3) is 0.545. The van der Waals surface area contributed by atoms with E-state index in [1.165, 1.54) is 19.1 Å². The molecule has 1 aliphatic heterocycles. The predicted molar refractivity (Wildman–Crippen MR) is 190 cm³/mol. The van der Waals surface area contributed by atoms with Crippen molar-refractivity contribution in [3.8, 4) is 0 Å². The minimum absolute atomic E-state index is 0.0114. The van der Waals surface area contributed by atoms with Crippen LogP contribution in [0.4, 0.5) is 5.69 Å². The highest BCUT2D eigenvalue weighted by molar-refractivity contribution is 7.85. The van der Waals surface area contributed by atoms with Crippen molar-refractivity contribution in [2.24, 2.45) is 5.92 Å². The van der Waals surface area contributed by atoms with E-state index in [2.05, 4.69) is 33.9 Å². The largest absolute Gasteiger partial charge is 0.460 e. The molecule has 0 radical (unpaired) electrons. The normalized spacial score (nSPS) is 14.9. The summed E-state index contributed by atoms with van der Waals surface area (Å²) in [5, 5.41) is 10.2. The molecule has 1 aromatic rings. The average Bonchev–Trinajstić information content (AvgIpc) is 3.35. The quantitative estimate of drug-likeness (QED) is 0.0365. The van der Waals surface area contributed by atoms with Gasteiger partial charge in [-0.15, -0.1) is 0 Å². The van der Waals surface area contributed by atoms with Crippen molar-refractivity contribution in [3.63, 3.8) is 0 Å². The number of nitrogens with one attached hydrogen (secondary N) is 4. The van der Waals surface area contributed by atoms with Gasteiger partial charge < -0.3 is 26.0 Å². The lowest BCUT2D eigenvalue weighted by molar-refractivity contribution is -0.147. The Bertz CT molecular complexity index is 1570. The summed E-state index contributed by atoms with van der Waals surface area (Å²) < 4.78 is 36.4. The van der Waals surface area contributed by atoms with Gasteiger partial charge in [0.15, 0.2) is 0 Å². The fourth-order valence-corrected chi connectivity index (χ4v) is 5.20. The number of rotatable bonds is 20. The molecule has 0 saturated carbocycles. The third-order valence-electron chi connectivity index (χ3n) is 7.59. The standard InChI is InChI=1S/C33H47N5O11S2/c1-20(2)28(31(44)34-21(3)29(42)35-23-12-10-22(11-13-23)19-49-32(45)33(4,5)50)37-30(43)24(16-18-51(46,47)48)36-25(39)9-7-6-8-17-38-26(40)14-15-27(38)41/h10-15,20-21,24,28,50H,6-9,16-19H2,1-5H3,(H,34,44)(H,35,42)(H,36,39)(H,37,43)(H,46,47,48)/t21-,24-,28-/m1/s1. The molecule has 5 N–H and O–H groups in total. The third-order valence-corrected chi connectivity index (χ3v) is 8.53. The van der Waals surface area contributed by atoms with Gasteiger partial charge in [-0.2, -0.15) is 21.0 Å². The van der Waals surface area contributed by atoms with Crippen molar-refractivity contribution < 1.29 is 51.3 Å². The maximum absolute atomic E-state index is 13.3. The van der Waals surface area contributed by atoms with Gasteiger partial charge >= 0.3 is 5.97 Å². The molecule has 0 unspecified atom stereocenters. The van der Waals surface area contributed by atoms with Crippen LogP contribution in [-0.2, 0) is 55.0 Å². The average molecular weight is 754 g/mol. The molecule has 1 heterocycles. The minimum Gasteiger partial charge on any atom is -0.460 e. The number of nitrogens with zero attached hydrogens (tertiary/aromatic N) is 1. The first kappa shape index (κ1) is 42.9. The van der Waals surface area contributed by atoms with Crippen LogP contribution in [0.5, 0.6) is 0 Å². The van der Waals surface area contributed by atoms with Crippen molar-refractivity contribution in [3.05, 3.63) is 42.0 Å². The molecule has 0 bridgehead atoms. The Kier molecular flexibility index (Phi) is 16.3. The van der Waals surface area contributed by atoms with Crippen LogP contribution in [0.25, 0.3) is 0 Å². The molecule has 0 fully saturated rings. The summed E-state index contributed by atoms with van der Waals surface area (Å²) in [4.78, 5) is 88.3. The molecule has 6 amide bonds. The second kappa shape index (κ2) is 19.4. The molecule has 1 aliphatic rings. The summed E-state index contributed by atoms with van der Waals surface area (Å²) in [5.41, 5.74) is 1.08. The molecule has 3 atom stereocenters. The van der Waals surface area contributed by atoms with E-state index in [0.29, 0.717) is 30.5 Å². The van der Waals surface area contributed by atoms with Crippen LogP contribution in [0.3, 0.4) is 0 Å². The van der Waals surface area contributed by atoms with Crippen LogP contribution in [0, 0.1) is 5.92 Å². The van der Waals surface area contributed by atoms with Crippen LogP contribution >= 0.6 is 12.6 Å². The number of benzene rings is 1. The van der Waals surface area contributed by atoms with E-state index in [1.54, 1.807) is 52.0 Å². The Labute approximate surface area is 303 Å². The zero-order valence-electron chi connectivity index (χ0n) is 29.3. The Hall–Kier alpha value is -4.29. The van der Waals surface area contributed by atoms with Crippen molar-refractivity contribution in [2.75, 3.05) is 17.6 Å². The van der Waals surface area contributed by atoms with E-state index in [1.807, 2.05) is 0 Å². The smallest absolute Gasteiger partial charge is 0.321 e. The number of unbranched alkanes of at least 4 members (excludes halogenated alkanes) is 2. The van der Waals surface area contributed by atoms with E-state index < -0.39 is 92.5 Å². The van der Waals surface area contributed by atoms with Gasteiger partial charge in [-0.25, -0.2) is 0 Å². The maximum Gasteiger partial charge on any atom is 0.321 e. The van der Waals surface area contributed by atoms with Crippen LogP contribution < -0.4 is 21.3 Å². The highest BCUT2D eigenvalue weighted by Crippen LogP contribution is 2.17.